The zero-order valence-corrected chi connectivity index (χ0v) is 14.7. The van der Waals surface area contributed by atoms with E-state index in [0.29, 0.717) is 30.6 Å². The second kappa shape index (κ2) is 8.09. The van der Waals surface area contributed by atoms with Crippen molar-refractivity contribution in [2.24, 2.45) is 17.8 Å². The van der Waals surface area contributed by atoms with Crippen molar-refractivity contribution in [1.82, 2.24) is 0 Å². The molecule has 2 aliphatic rings. The Morgan fingerprint density at radius 3 is 2.04 bits per heavy atom. The number of rotatable bonds is 4. The molecule has 2 fully saturated rings. The number of halogens is 3. The lowest BCUT2D eigenvalue weighted by molar-refractivity contribution is -0.214. The van der Waals surface area contributed by atoms with Crippen LogP contribution in [0.15, 0.2) is 24.3 Å². The summed E-state index contributed by atoms with van der Waals surface area (Å²) in [5, 5.41) is 0. The Morgan fingerprint density at radius 1 is 0.920 bits per heavy atom. The first-order valence-electron chi connectivity index (χ1n) is 9.37. The van der Waals surface area contributed by atoms with Crippen LogP contribution in [0.1, 0.15) is 62.9 Å². The van der Waals surface area contributed by atoms with E-state index in [4.69, 9.17) is 9.47 Å². The molecule has 1 aromatic carbocycles. The normalized spacial score (nSPS) is 31.0. The van der Waals surface area contributed by atoms with Crippen LogP contribution in [-0.4, -0.2) is 13.2 Å². The first kappa shape index (κ1) is 18.7. The molecular weight excluding hydrogens is 329 g/mol. The third-order valence-corrected chi connectivity index (χ3v) is 5.69. The molecule has 0 atom stereocenters. The second-order valence-corrected chi connectivity index (χ2v) is 7.45. The number of alkyl halides is 3. The fraction of sp³-hybridized carbons (Fsp3) is 0.700. The van der Waals surface area contributed by atoms with Crippen LogP contribution in [0.4, 0.5) is 13.2 Å². The van der Waals surface area contributed by atoms with Gasteiger partial charge in [-0.1, -0.05) is 44.7 Å². The van der Waals surface area contributed by atoms with Gasteiger partial charge >= 0.3 is 6.18 Å². The molecule has 0 unspecified atom stereocenters. The monoisotopic (exact) mass is 356 g/mol. The van der Waals surface area contributed by atoms with Crippen LogP contribution in [0.25, 0.3) is 0 Å². The maximum atomic E-state index is 12.6. The fourth-order valence-electron chi connectivity index (χ4n) is 4.17. The number of hydrogen-bond donors (Lipinski definition) is 0. The molecule has 1 aromatic rings. The summed E-state index contributed by atoms with van der Waals surface area (Å²) < 4.78 is 49.5. The zero-order valence-electron chi connectivity index (χ0n) is 14.7. The summed E-state index contributed by atoms with van der Waals surface area (Å²) in [6.45, 7) is 3.51. The molecule has 3 rings (SSSR count). The van der Waals surface area contributed by atoms with Gasteiger partial charge in [0.1, 0.15) is 0 Å². The van der Waals surface area contributed by atoms with Gasteiger partial charge in [-0.3, -0.25) is 0 Å². The summed E-state index contributed by atoms with van der Waals surface area (Å²) in [5.74, 6) is 1.95. The number of ether oxygens (including phenoxy) is 2. The minimum atomic E-state index is -4.31. The van der Waals surface area contributed by atoms with Crippen LogP contribution < -0.4 is 0 Å². The maximum Gasteiger partial charge on any atom is 0.416 e. The Labute approximate surface area is 147 Å². The van der Waals surface area contributed by atoms with Crippen LogP contribution in [0.5, 0.6) is 0 Å². The van der Waals surface area contributed by atoms with Gasteiger partial charge in [0.25, 0.3) is 0 Å². The van der Waals surface area contributed by atoms with Gasteiger partial charge < -0.3 is 9.47 Å². The number of hydrogen-bond acceptors (Lipinski definition) is 2. The molecule has 1 heterocycles. The van der Waals surface area contributed by atoms with Gasteiger partial charge in [0.2, 0.25) is 0 Å². The van der Waals surface area contributed by atoms with Crippen LogP contribution in [0.2, 0.25) is 0 Å². The van der Waals surface area contributed by atoms with Gasteiger partial charge in [-0.05, 0) is 36.8 Å². The topological polar surface area (TPSA) is 18.5 Å². The first-order valence-corrected chi connectivity index (χ1v) is 9.37. The lowest BCUT2D eigenvalue weighted by atomic mass is 9.75. The second-order valence-electron chi connectivity index (χ2n) is 7.45. The highest BCUT2D eigenvalue weighted by molar-refractivity contribution is 5.25. The summed E-state index contributed by atoms with van der Waals surface area (Å²) >= 11 is 0. The smallest absolute Gasteiger partial charge is 0.348 e. The average molecular weight is 356 g/mol. The van der Waals surface area contributed by atoms with Crippen molar-refractivity contribution < 1.29 is 22.6 Å². The van der Waals surface area contributed by atoms with Crippen molar-refractivity contribution in [3.8, 4) is 0 Å². The lowest BCUT2D eigenvalue weighted by Gasteiger charge is -2.37. The van der Waals surface area contributed by atoms with Crippen LogP contribution in [0, 0.1) is 17.8 Å². The SMILES string of the molecule is CCCC1CCC([C@H]2CO[C@H](c3ccc(C(F)(F)F)cc3)OC2)CC1. The molecule has 25 heavy (non-hydrogen) atoms. The largest absolute Gasteiger partial charge is 0.416 e. The number of benzene rings is 1. The molecule has 2 nitrogen and oxygen atoms in total. The summed E-state index contributed by atoms with van der Waals surface area (Å²) in [6.07, 6.45) is 2.83. The highest BCUT2D eigenvalue weighted by Gasteiger charge is 2.33. The van der Waals surface area contributed by atoms with Gasteiger partial charge in [0.15, 0.2) is 6.29 Å². The van der Waals surface area contributed by atoms with Crippen molar-refractivity contribution in [3.63, 3.8) is 0 Å². The minimum absolute atomic E-state index is 0.410. The van der Waals surface area contributed by atoms with Crippen LogP contribution in [-0.2, 0) is 15.7 Å². The van der Waals surface area contributed by atoms with E-state index in [2.05, 4.69) is 6.92 Å². The van der Waals surface area contributed by atoms with E-state index in [-0.39, 0.29) is 0 Å². The molecule has 0 radical (unpaired) electrons. The Bertz CT molecular complexity index is 525. The van der Waals surface area contributed by atoms with Gasteiger partial charge in [-0.25, -0.2) is 0 Å². The van der Waals surface area contributed by atoms with Crippen molar-refractivity contribution in [1.29, 1.82) is 0 Å². The van der Waals surface area contributed by atoms with Crippen LogP contribution in [0.3, 0.4) is 0 Å². The third-order valence-electron chi connectivity index (χ3n) is 5.69. The minimum Gasteiger partial charge on any atom is -0.348 e. The molecule has 140 valence electrons. The predicted octanol–water partition coefficient (Wildman–Crippen LogP) is 5.97. The molecule has 0 aromatic heterocycles. The quantitative estimate of drug-likeness (QED) is 0.661. The Morgan fingerprint density at radius 2 is 1.52 bits per heavy atom. The van der Waals surface area contributed by atoms with Gasteiger partial charge in [-0.2, -0.15) is 13.2 Å². The van der Waals surface area contributed by atoms with Gasteiger partial charge in [0, 0.05) is 11.5 Å². The molecular formula is C20H27F3O2. The van der Waals surface area contributed by atoms with E-state index in [1.165, 1.54) is 50.7 Å². The highest BCUT2D eigenvalue weighted by atomic mass is 19.4. The van der Waals surface area contributed by atoms with Crippen molar-refractivity contribution in [2.75, 3.05) is 13.2 Å². The van der Waals surface area contributed by atoms with E-state index < -0.39 is 18.0 Å². The molecule has 1 aliphatic carbocycles. The summed E-state index contributed by atoms with van der Waals surface area (Å²) in [7, 11) is 0. The summed E-state index contributed by atoms with van der Waals surface area (Å²) in [4.78, 5) is 0. The van der Waals surface area contributed by atoms with Gasteiger partial charge in [-0.15, -0.1) is 0 Å². The van der Waals surface area contributed by atoms with E-state index in [1.807, 2.05) is 0 Å². The van der Waals surface area contributed by atoms with Crippen molar-refractivity contribution in [2.45, 2.75) is 57.9 Å². The third kappa shape index (κ3) is 4.76. The summed E-state index contributed by atoms with van der Waals surface area (Å²) in [5.41, 5.74) is 0.00637. The zero-order chi connectivity index (χ0) is 17.9. The Kier molecular flexibility index (Phi) is 6.05. The fourth-order valence-corrected chi connectivity index (χ4v) is 4.17. The highest BCUT2D eigenvalue weighted by Crippen LogP contribution is 2.39. The molecule has 0 amide bonds. The Hall–Kier alpha value is -1.07. The lowest BCUT2D eigenvalue weighted by Crippen LogP contribution is -2.34. The van der Waals surface area contributed by atoms with E-state index in [0.717, 1.165) is 18.1 Å². The molecule has 0 N–H and O–H groups in total. The molecule has 0 spiro atoms. The maximum absolute atomic E-state index is 12.6. The molecule has 0 bridgehead atoms. The van der Waals surface area contributed by atoms with E-state index in [9.17, 15) is 13.2 Å². The standard InChI is InChI=1S/C20H27F3O2/c1-2-3-14-4-6-15(7-5-14)17-12-24-19(25-13-17)16-8-10-18(11-9-16)20(21,22)23/h8-11,14-15,17,19H,2-7,12-13H2,1H3/t14?,15?,17-,19-. The Balaban J connectivity index is 1.49. The molecule has 1 saturated carbocycles. The summed E-state index contributed by atoms with van der Waals surface area (Å²) in [6, 6.07) is 5.07. The van der Waals surface area contributed by atoms with Crippen molar-refractivity contribution in [3.05, 3.63) is 35.4 Å². The first-order chi connectivity index (χ1) is 12.0. The van der Waals surface area contributed by atoms with E-state index >= 15 is 0 Å². The van der Waals surface area contributed by atoms with E-state index in [1.54, 1.807) is 0 Å². The van der Waals surface area contributed by atoms with Gasteiger partial charge in [0.05, 0.1) is 18.8 Å². The molecule has 1 aliphatic heterocycles. The average Bonchev–Trinajstić information content (AvgIpc) is 2.62. The predicted molar refractivity (Wildman–Crippen MR) is 89.9 cm³/mol. The molecule has 5 heteroatoms. The molecule has 1 saturated heterocycles. The van der Waals surface area contributed by atoms with Crippen LogP contribution >= 0.6 is 0 Å². The van der Waals surface area contributed by atoms with Crippen molar-refractivity contribution >= 4 is 0 Å².